The van der Waals surface area contributed by atoms with Gasteiger partial charge >= 0.3 is 5.97 Å². The van der Waals surface area contributed by atoms with Gasteiger partial charge in [-0.1, -0.05) is 0 Å². The van der Waals surface area contributed by atoms with E-state index in [4.69, 9.17) is 5.11 Å². The Balaban J connectivity index is 2.58. The summed E-state index contributed by atoms with van der Waals surface area (Å²) >= 11 is 1.25. The lowest BCUT2D eigenvalue weighted by Crippen LogP contribution is -2.32. The fourth-order valence-electron chi connectivity index (χ4n) is 0.983. The Morgan fingerprint density at radius 2 is 2.25 bits per heavy atom. The molecule has 1 heterocycles. The highest BCUT2D eigenvalue weighted by atomic mass is 32.2. The fraction of sp³-hybridized carbons (Fsp3) is 0.571. The van der Waals surface area contributed by atoms with Crippen molar-refractivity contribution >= 4 is 29.3 Å². The number of Topliss-reactive ketones (excluding diaryl/α,β-unsaturated/α-hetero) is 2. The van der Waals surface area contributed by atoms with E-state index in [1.165, 1.54) is 11.8 Å². The van der Waals surface area contributed by atoms with Crippen molar-refractivity contribution in [1.82, 2.24) is 0 Å². The number of carboxylic acids is 1. The number of rotatable bonds is 2. The number of hydrogen-bond donors (Lipinski definition) is 1. The summed E-state index contributed by atoms with van der Waals surface area (Å²) in [6.07, 6.45) is 0.00879. The first-order valence-corrected chi connectivity index (χ1v) is 4.56. The highest BCUT2D eigenvalue weighted by Gasteiger charge is 2.31. The van der Waals surface area contributed by atoms with Gasteiger partial charge in [-0.25, -0.2) is 0 Å². The number of ketones is 2. The van der Waals surface area contributed by atoms with Crippen LogP contribution in [-0.2, 0) is 14.4 Å². The number of carbonyl (C=O) groups is 3. The van der Waals surface area contributed by atoms with Gasteiger partial charge < -0.3 is 5.11 Å². The van der Waals surface area contributed by atoms with Crippen molar-refractivity contribution in [3.8, 4) is 0 Å². The normalized spacial score (nSPS) is 24.2. The third-order valence-electron chi connectivity index (χ3n) is 1.58. The maximum Gasteiger partial charge on any atom is 0.304 e. The second kappa shape index (κ2) is 3.71. The lowest BCUT2D eigenvalue weighted by molar-refractivity contribution is -0.140. The van der Waals surface area contributed by atoms with Crippen LogP contribution in [0.4, 0.5) is 0 Å². The summed E-state index contributed by atoms with van der Waals surface area (Å²) < 4.78 is 0. The summed E-state index contributed by atoms with van der Waals surface area (Å²) in [6.45, 7) is 0. The molecule has 0 amide bonds. The Bertz CT molecular complexity index is 236. The molecule has 0 aromatic carbocycles. The molecule has 1 saturated heterocycles. The third-order valence-corrected chi connectivity index (χ3v) is 2.80. The van der Waals surface area contributed by atoms with Crippen molar-refractivity contribution in [2.75, 3.05) is 5.75 Å². The Kier molecular flexibility index (Phi) is 2.86. The van der Waals surface area contributed by atoms with Crippen LogP contribution >= 0.6 is 11.8 Å². The Hall–Kier alpha value is -0.840. The van der Waals surface area contributed by atoms with Crippen LogP contribution in [0.15, 0.2) is 0 Å². The molecule has 1 aliphatic heterocycles. The minimum atomic E-state index is -1.03. The smallest absolute Gasteiger partial charge is 0.304 e. The lowest BCUT2D eigenvalue weighted by atomic mass is 10.1. The van der Waals surface area contributed by atoms with Crippen LogP contribution in [0.5, 0.6) is 0 Å². The van der Waals surface area contributed by atoms with Gasteiger partial charge in [0.05, 0.1) is 11.7 Å². The van der Waals surface area contributed by atoms with E-state index >= 15 is 0 Å². The quantitative estimate of drug-likeness (QED) is 0.622. The largest absolute Gasteiger partial charge is 0.481 e. The summed E-state index contributed by atoms with van der Waals surface area (Å²) in [5.74, 6) is -1.44. The number of carbonyl (C=O) groups excluding carboxylic acids is 2. The van der Waals surface area contributed by atoms with E-state index in [0.717, 1.165) is 0 Å². The predicted molar refractivity (Wildman–Crippen MR) is 43.1 cm³/mol. The molecule has 5 heteroatoms. The molecular formula is C7H8O4S. The molecule has 0 spiro atoms. The molecule has 66 valence electrons. The molecule has 1 rings (SSSR count). The van der Waals surface area contributed by atoms with Gasteiger partial charge in [-0.15, -0.1) is 11.8 Å². The van der Waals surface area contributed by atoms with E-state index in [1.54, 1.807) is 0 Å². The number of hydrogen-bond acceptors (Lipinski definition) is 4. The summed E-state index contributed by atoms with van der Waals surface area (Å²) in [6, 6.07) is 0. The van der Waals surface area contributed by atoms with E-state index in [1.807, 2.05) is 0 Å². The van der Waals surface area contributed by atoms with Crippen LogP contribution in [-0.4, -0.2) is 33.6 Å². The first-order chi connectivity index (χ1) is 5.61. The van der Waals surface area contributed by atoms with Gasteiger partial charge in [-0.2, -0.15) is 0 Å². The van der Waals surface area contributed by atoms with E-state index < -0.39 is 22.8 Å². The fourth-order valence-corrected chi connectivity index (χ4v) is 2.11. The van der Waals surface area contributed by atoms with Gasteiger partial charge in [0.1, 0.15) is 0 Å². The summed E-state index contributed by atoms with van der Waals surface area (Å²) in [5.41, 5.74) is 0. The molecule has 0 saturated carbocycles. The van der Waals surface area contributed by atoms with Crippen molar-refractivity contribution in [3.05, 3.63) is 0 Å². The Morgan fingerprint density at radius 3 is 2.83 bits per heavy atom. The van der Waals surface area contributed by atoms with Crippen LogP contribution < -0.4 is 0 Å². The molecule has 0 radical (unpaired) electrons. The molecule has 1 unspecified atom stereocenters. The minimum absolute atomic E-state index is 0.241. The second-order valence-corrected chi connectivity index (χ2v) is 3.81. The van der Waals surface area contributed by atoms with Crippen LogP contribution in [0.3, 0.4) is 0 Å². The SMILES string of the molecule is O=C(O)CC1SCCC(=O)C1=O. The molecule has 1 atom stereocenters. The van der Waals surface area contributed by atoms with Crippen LogP contribution in [0, 0.1) is 0 Å². The van der Waals surface area contributed by atoms with E-state index in [0.29, 0.717) is 5.75 Å². The highest BCUT2D eigenvalue weighted by molar-refractivity contribution is 8.00. The topological polar surface area (TPSA) is 71.4 Å². The monoisotopic (exact) mass is 188 g/mol. The first kappa shape index (κ1) is 9.25. The van der Waals surface area contributed by atoms with Crippen molar-refractivity contribution in [2.24, 2.45) is 0 Å². The first-order valence-electron chi connectivity index (χ1n) is 3.51. The predicted octanol–water partition coefficient (Wildman–Crippen LogP) is 0.105. The summed E-state index contributed by atoms with van der Waals surface area (Å²) in [7, 11) is 0. The van der Waals surface area contributed by atoms with Crippen molar-refractivity contribution < 1.29 is 19.5 Å². The molecule has 12 heavy (non-hydrogen) atoms. The summed E-state index contributed by atoms with van der Waals surface area (Å²) in [4.78, 5) is 32.1. The van der Waals surface area contributed by atoms with E-state index in [9.17, 15) is 14.4 Å². The molecule has 1 N–H and O–H groups in total. The second-order valence-electron chi connectivity index (χ2n) is 2.49. The summed E-state index contributed by atoms with van der Waals surface area (Å²) in [5, 5.41) is 7.74. The Morgan fingerprint density at radius 1 is 1.58 bits per heavy atom. The molecule has 1 fully saturated rings. The van der Waals surface area contributed by atoms with Gasteiger partial charge in [0.2, 0.25) is 5.78 Å². The van der Waals surface area contributed by atoms with Crippen LogP contribution in [0.1, 0.15) is 12.8 Å². The van der Waals surface area contributed by atoms with Crippen molar-refractivity contribution in [3.63, 3.8) is 0 Å². The van der Waals surface area contributed by atoms with E-state index in [2.05, 4.69) is 0 Å². The van der Waals surface area contributed by atoms with Gasteiger partial charge in [0.25, 0.3) is 0 Å². The van der Waals surface area contributed by atoms with Crippen molar-refractivity contribution in [1.29, 1.82) is 0 Å². The molecular weight excluding hydrogens is 180 g/mol. The minimum Gasteiger partial charge on any atom is -0.481 e. The maximum atomic E-state index is 11.0. The number of carboxylic acid groups (broad SMARTS) is 1. The lowest BCUT2D eigenvalue weighted by Gasteiger charge is -2.16. The van der Waals surface area contributed by atoms with Gasteiger partial charge in [0.15, 0.2) is 5.78 Å². The van der Waals surface area contributed by atoms with Crippen LogP contribution in [0.2, 0.25) is 0 Å². The van der Waals surface area contributed by atoms with E-state index in [-0.39, 0.29) is 12.8 Å². The maximum absolute atomic E-state index is 11.0. The molecule has 1 aliphatic rings. The average Bonchev–Trinajstić information content (AvgIpc) is 1.98. The standard InChI is InChI=1S/C7H8O4S/c8-4-1-2-12-5(7(4)11)3-6(9)10/h5H,1-3H2,(H,9,10). The van der Waals surface area contributed by atoms with Crippen molar-refractivity contribution in [2.45, 2.75) is 18.1 Å². The van der Waals surface area contributed by atoms with Gasteiger partial charge in [0, 0.05) is 12.2 Å². The third kappa shape index (κ3) is 2.07. The van der Waals surface area contributed by atoms with Crippen LogP contribution in [0.25, 0.3) is 0 Å². The molecule has 4 nitrogen and oxygen atoms in total. The molecule has 0 aromatic heterocycles. The zero-order valence-electron chi connectivity index (χ0n) is 6.28. The van der Waals surface area contributed by atoms with Gasteiger partial charge in [-0.3, -0.25) is 14.4 Å². The zero-order chi connectivity index (χ0) is 9.14. The average molecular weight is 188 g/mol. The Labute approximate surface area is 73.3 Å². The molecule has 0 bridgehead atoms. The molecule has 0 aromatic rings. The van der Waals surface area contributed by atoms with Gasteiger partial charge in [-0.05, 0) is 0 Å². The number of aliphatic carboxylic acids is 1. The number of thioether (sulfide) groups is 1. The zero-order valence-corrected chi connectivity index (χ0v) is 7.10. The molecule has 0 aliphatic carbocycles. The highest BCUT2D eigenvalue weighted by Crippen LogP contribution is 2.22.